The number of ether oxygens (including phenoxy) is 1. The van der Waals surface area contributed by atoms with E-state index in [1.807, 2.05) is 0 Å². The molecule has 1 heterocycles. The van der Waals surface area contributed by atoms with Gasteiger partial charge in [-0.2, -0.15) is 0 Å². The summed E-state index contributed by atoms with van der Waals surface area (Å²) in [5, 5.41) is 0. The second-order valence-electron chi connectivity index (χ2n) is 2.96. The van der Waals surface area contributed by atoms with Crippen LogP contribution in [0, 0.1) is 0 Å². The maximum atomic E-state index is 5.43. The van der Waals surface area contributed by atoms with Crippen molar-refractivity contribution in [3.63, 3.8) is 0 Å². The average molecular weight is 207 g/mol. The van der Waals surface area contributed by atoms with Gasteiger partial charge in [0.1, 0.15) is 0 Å². The van der Waals surface area contributed by atoms with E-state index in [4.69, 9.17) is 4.74 Å². The van der Waals surface area contributed by atoms with E-state index < -0.39 is 0 Å². The standard InChI is InChI=1S/C8H15BrO/c1-3-4-5-7-8(10-7)6(2)9/h6-8H,3-5H2,1-2H3. The lowest BCUT2D eigenvalue weighted by Gasteiger charge is -1.94. The van der Waals surface area contributed by atoms with Gasteiger partial charge in [-0.05, 0) is 6.42 Å². The zero-order valence-corrected chi connectivity index (χ0v) is 8.23. The van der Waals surface area contributed by atoms with E-state index in [9.17, 15) is 0 Å². The van der Waals surface area contributed by atoms with Crippen LogP contribution < -0.4 is 0 Å². The first-order valence-corrected chi connectivity index (χ1v) is 4.96. The molecule has 1 aliphatic heterocycles. The van der Waals surface area contributed by atoms with Gasteiger partial charge in [0.05, 0.1) is 12.2 Å². The van der Waals surface area contributed by atoms with Crippen LogP contribution in [0.5, 0.6) is 0 Å². The van der Waals surface area contributed by atoms with E-state index in [2.05, 4.69) is 29.8 Å². The van der Waals surface area contributed by atoms with Crippen LogP contribution in [0.2, 0.25) is 0 Å². The first-order valence-electron chi connectivity index (χ1n) is 4.05. The van der Waals surface area contributed by atoms with Crippen LogP contribution in [0.15, 0.2) is 0 Å². The number of hydrogen-bond donors (Lipinski definition) is 0. The lowest BCUT2D eigenvalue weighted by atomic mass is 10.1. The van der Waals surface area contributed by atoms with Crippen LogP contribution in [0.25, 0.3) is 0 Å². The maximum Gasteiger partial charge on any atom is 0.0963 e. The van der Waals surface area contributed by atoms with E-state index in [1.165, 1.54) is 19.3 Å². The molecule has 0 bridgehead atoms. The summed E-state index contributed by atoms with van der Waals surface area (Å²) in [7, 11) is 0. The van der Waals surface area contributed by atoms with E-state index in [1.54, 1.807) is 0 Å². The predicted molar refractivity (Wildman–Crippen MR) is 46.6 cm³/mol. The predicted octanol–water partition coefficient (Wildman–Crippen LogP) is 2.73. The minimum atomic E-state index is 0.506. The van der Waals surface area contributed by atoms with E-state index in [-0.39, 0.29) is 0 Å². The van der Waals surface area contributed by atoms with Gasteiger partial charge in [0.15, 0.2) is 0 Å². The number of rotatable bonds is 4. The summed E-state index contributed by atoms with van der Waals surface area (Å²) >= 11 is 3.51. The van der Waals surface area contributed by atoms with Crippen LogP contribution in [-0.2, 0) is 4.74 Å². The highest BCUT2D eigenvalue weighted by Crippen LogP contribution is 2.32. The Hall–Kier alpha value is 0.440. The van der Waals surface area contributed by atoms with Gasteiger partial charge in [-0.15, -0.1) is 0 Å². The van der Waals surface area contributed by atoms with Gasteiger partial charge in [-0.1, -0.05) is 42.6 Å². The van der Waals surface area contributed by atoms with Gasteiger partial charge in [-0.3, -0.25) is 0 Å². The third kappa shape index (κ3) is 2.24. The second kappa shape index (κ2) is 3.72. The van der Waals surface area contributed by atoms with Gasteiger partial charge in [0.2, 0.25) is 0 Å². The van der Waals surface area contributed by atoms with Gasteiger partial charge >= 0.3 is 0 Å². The smallest absolute Gasteiger partial charge is 0.0963 e. The summed E-state index contributed by atoms with van der Waals surface area (Å²) in [5.41, 5.74) is 0. The van der Waals surface area contributed by atoms with Crippen molar-refractivity contribution in [3.05, 3.63) is 0 Å². The third-order valence-corrected chi connectivity index (χ3v) is 2.44. The molecule has 0 aromatic carbocycles. The minimum absolute atomic E-state index is 0.506. The molecule has 0 aromatic heterocycles. The van der Waals surface area contributed by atoms with E-state index >= 15 is 0 Å². The topological polar surface area (TPSA) is 12.5 Å². The summed E-state index contributed by atoms with van der Waals surface area (Å²) in [4.78, 5) is 0.536. The fourth-order valence-electron chi connectivity index (χ4n) is 1.20. The Bertz CT molecular complexity index is 103. The van der Waals surface area contributed by atoms with Crippen LogP contribution in [0.4, 0.5) is 0 Å². The van der Waals surface area contributed by atoms with Crippen molar-refractivity contribution in [1.29, 1.82) is 0 Å². The molecule has 60 valence electrons. The Kier molecular flexibility index (Phi) is 3.18. The quantitative estimate of drug-likeness (QED) is 0.510. The first kappa shape index (κ1) is 8.54. The summed E-state index contributed by atoms with van der Waals surface area (Å²) in [5.74, 6) is 0. The Morgan fingerprint density at radius 1 is 1.60 bits per heavy atom. The molecule has 0 spiro atoms. The molecule has 1 rings (SSSR count). The molecule has 2 heteroatoms. The molecule has 0 saturated carbocycles. The molecule has 1 nitrogen and oxygen atoms in total. The number of epoxide rings is 1. The van der Waals surface area contributed by atoms with Crippen LogP contribution >= 0.6 is 15.9 Å². The summed E-state index contributed by atoms with van der Waals surface area (Å²) in [6.45, 7) is 4.37. The zero-order valence-electron chi connectivity index (χ0n) is 6.64. The Morgan fingerprint density at radius 3 is 2.70 bits per heavy atom. The zero-order chi connectivity index (χ0) is 7.56. The highest BCUT2D eigenvalue weighted by Gasteiger charge is 2.40. The molecule has 3 unspecified atom stereocenters. The fourth-order valence-corrected chi connectivity index (χ4v) is 1.66. The van der Waals surface area contributed by atoms with Gasteiger partial charge in [0.25, 0.3) is 0 Å². The molecular weight excluding hydrogens is 192 g/mol. The molecule has 0 radical (unpaired) electrons. The molecule has 10 heavy (non-hydrogen) atoms. The monoisotopic (exact) mass is 206 g/mol. The minimum Gasteiger partial charge on any atom is -0.368 e. The molecule has 1 aliphatic rings. The highest BCUT2D eigenvalue weighted by molar-refractivity contribution is 9.09. The Balaban J connectivity index is 2.02. The maximum absolute atomic E-state index is 5.43. The Labute approximate surface area is 71.3 Å². The molecule has 3 atom stereocenters. The summed E-state index contributed by atoms with van der Waals surface area (Å²) in [6, 6.07) is 0. The Morgan fingerprint density at radius 2 is 2.30 bits per heavy atom. The van der Waals surface area contributed by atoms with Crippen LogP contribution in [-0.4, -0.2) is 17.0 Å². The van der Waals surface area contributed by atoms with Gasteiger partial charge in [0, 0.05) is 4.83 Å². The normalized spacial score (nSPS) is 33.9. The van der Waals surface area contributed by atoms with Crippen LogP contribution in [0.1, 0.15) is 33.1 Å². The van der Waals surface area contributed by atoms with Gasteiger partial charge in [-0.25, -0.2) is 0 Å². The van der Waals surface area contributed by atoms with E-state index in [0.29, 0.717) is 17.0 Å². The lowest BCUT2D eigenvalue weighted by Crippen LogP contribution is -2.04. The molecule has 0 aromatic rings. The summed E-state index contributed by atoms with van der Waals surface area (Å²) in [6.07, 6.45) is 4.90. The molecule has 0 amide bonds. The number of hydrogen-bond acceptors (Lipinski definition) is 1. The van der Waals surface area contributed by atoms with Crippen molar-refractivity contribution < 1.29 is 4.74 Å². The molecule has 0 aliphatic carbocycles. The summed E-state index contributed by atoms with van der Waals surface area (Å²) < 4.78 is 5.43. The van der Waals surface area contributed by atoms with Crippen molar-refractivity contribution in [2.75, 3.05) is 0 Å². The molecule has 1 saturated heterocycles. The number of alkyl halides is 1. The highest BCUT2D eigenvalue weighted by atomic mass is 79.9. The second-order valence-corrected chi connectivity index (χ2v) is 4.40. The molecule has 1 fully saturated rings. The first-order chi connectivity index (χ1) is 4.75. The average Bonchev–Trinajstić information content (AvgIpc) is 2.62. The largest absolute Gasteiger partial charge is 0.368 e. The number of halogens is 1. The number of unbranched alkanes of at least 4 members (excludes halogenated alkanes) is 1. The molecule has 0 N–H and O–H groups in total. The molecular formula is C8H15BrO. The lowest BCUT2D eigenvalue weighted by molar-refractivity contribution is 0.359. The van der Waals surface area contributed by atoms with Crippen molar-refractivity contribution in [1.82, 2.24) is 0 Å². The van der Waals surface area contributed by atoms with Crippen LogP contribution in [0.3, 0.4) is 0 Å². The van der Waals surface area contributed by atoms with Crippen molar-refractivity contribution in [2.45, 2.75) is 50.1 Å². The van der Waals surface area contributed by atoms with Crippen molar-refractivity contribution >= 4 is 15.9 Å². The van der Waals surface area contributed by atoms with Crippen molar-refractivity contribution in [3.8, 4) is 0 Å². The third-order valence-electron chi connectivity index (χ3n) is 1.92. The van der Waals surface area contributed by atoms with Gasteiger partial charge < -0.3 is 4.74 Å². The SMILES string of the molecule is CCCCC1OC1C(C)Br. The fraction of sp³-hybridized carbons (Fsp3) is 1.00. The van der Waals surface area contributed by atoms with E-state index in [0.717, 1.165) is 0 Å². The van der Waals surface area contributed by atoms with Crippen molar-refractivity contribution in [2.24, 2.45) is 0 Å².